The van der Waals surface area contributed by atoms with Crippen LogP contribution in [0.25, 0.3) is 0 Å². The highest BCUT2D eigenvalue weighted by atomic mass is 32.2. The summed E-state index contributed by atoms with van der Waals surface area (Å²) in [5.41, 5.74) is 6.54. The van der Waals surface area contributed by atoms with E-state index in [-0.39, 0.29) is 18.1 Å². The monoisotopic (exact) mass is 271 g/mol. The van der Waals surface area contributed by atoms with Crippen LogP contribution in [0.3, 0.4) is 0 Å². The molecule has 0 aliphatic rings. The minimum atomic E-state index is -2.98. The van der Waals surface area contributed by atoms with Gasteiger partial charge in [0.15, 0.2) is 9.84 Å². The van der Waals surface area contributed by atoms with Crippen LogP contribution in [0.15, 0.2) is 24.3 Å². The second-order valence-electron chi connectivity index (χ2n) is 4.15. The topological polar surface area (TPSA) is 69.4 Å². The van der Waals surface area contributed by atoms with E-state index >= 15 is 0 Å². The molecule has 0 saturated heterocycles. The van der Waals surface area contributed by atoms with E-state index in [4.69, 9.17) is 10.5 Å². The van der Waals surface area contributed by atoms with E-state index in [9.17, 15) is 8.42 Å². The summed E-state index contributed by atoms with van der Waals surface area (Å²) < 4.78 is 28.6. The molecule has 0 spiro atoms. The van der Waals surface area contributed by atoms with Crippen molar-refractivity contribution in [3.05, 3.63) is 29.8 Å². The van der Waals surface area contributed by atoms with E-state index < -0.39 is 9.84 Å². The average Bonchev–Trinajstić information content (AvgIpc) is 2.31. The van der Waals surface area contributed by atoms with Crippen molar-refractivity contribution in [2.45, 2.75) is 19.8 Å². The van der Waals surface area contributed by atoms with Crippen molar-refractivity contribution in [3.8, 4) is 5.75 Å². The van der Waals surface area contributed by atoms with Crippen LogP contribution < -0.4 is 10.5 Å². The molecular weight excluding hydrogens is 250 g/mol. The van der Waals surface area contributed by atoms with Gasteiger partial charge < -0.3 is 10.5 Å². The first kappa shape index (κ1) is 15.0. The van der Waals surface area contributed by atoms with E-state index in [1.807, 2.05) is 31.2 Å². The Balaban J connectivity index is 2.53. The van der Waals surface area contributed by atoms with Gasteiger partial charge in [-0.25, -0.2) is 8.42 Å². The van der Waals surface area contributed by atoms with Crippen molar-refractivity contribution in [2.75, 3.05) is 24.7 Å². The molecule has 5 heteroatoms. The van der Waals surface area contributed by atoms with Gasteiger partial charge in [-0.1, -0.05) is 25.1 Å². The van der Waals surface area contributed by atoms with Crippen LogP contribution in [0.5, 0.6) is 5.75 Å². The summed E-state index contributed by atoms with van der Waals surface area (Å²) in [6.45, 7) is 2.60. The number of ether oxygens (including phenoxy) is 1. The Kier molecular flexibility index (Phi) is 6.15. The summed E-state index contributed by atoms with van der Waals surface area (Å²) >= 11 is 0. The fourth-order valence-corrected chi connectivity index (χ4v) is 2.86. The fourth-order valence-electron chi connectivity index (χ4n) is 1.70. The Hall–Kier alpha value is -1.07. The van der Waals surface area contributed by atoms with Crippen molar-refractivity contribution in [3.63, 3.8) is 0 Å². The highest BCUT2D eigenvalue weighted by Gasteiger charge is 2.10. The molecule has 1 aromatic carbocycles. The van der Waals surface area contributed by atoms with Crippen LogP contribution in [0.4, 0.5) is 0 Å². The maximum Gasteiger partial charge on any atom is 0.153 e. The molecule has 0 atom stereocenters. The molecule has 2 N–H and O–H groups in total. The lowest BCUT2D eigenvalue weighted by atomic mass is 10.1. The third kappa shape index (κ3) is 5.06. The van der Waals surface area contributed by atoms with Crippen LogP contribution in [0.1, 0.15) is 18.9 Å². The number of nitrogens with two attached hydrogens (primary N) is 1. The molecule has 0 bridgehead atoms. The molecular formula is C13H21NO3S. The van der Waals surface area contributed by atoms with Gasteiger partial charge in [0.1, 0.15) is 12.4 Å². The highest BCUT2D eigenvalue weighted by molar-refractivity contribution is 7.91. The lowest BCUT2D eigenvalue weighted by Crippen LogP contribution is -2.17. The second kappa shape index (κ2) is 7.38. The molecule has 0 aromatic heterocycles. The molecule has 0 radical (unpaired) electrons. The molecule has 1 aromatic rings. The number of rotatable bonds is 8. The molecule has 0 aliphatic carbocycles. The summed E-state index contributed by atoms with van der Waals surface area (Å²) in [6.07, 6.45) is 1.38. The van der Waals surface area contributed by atoms with E-state index in [1.165, 1.54) is 0 Å². The van der Waals surface area contributed by atoms with Crippen molar-refractivity contribution < 1.29 is 13.2 Å². The van der Waals surface area contributed by atoms with E-state index in [1.54, 1.807) is 0 Å². The Morgan fingerprint density at radius 1 is 1.22 bits per heavy atom. The molecule has 4 nitrogen and oxygen atoms in total. The minimum absolute atomic E-state index is 0.0673. The first-order valence-electron chi connectivity index (χ1n) is 6.20. The molecule has 0 fully saturated rings. The lowest BCUT2D eigenvalue weighted by Gasteiger charge is -2.10. The van der Waals surface area contributed by atoms with Gasteiger partial charge >= 0.3 is 0 Å². The van der Waals surface area contributed by atoms with E-state index in [0.29, 0.717) is 13.0 Å². The predicted molar refractivity (Wildman–Crippen MR) is 73.6 cm³/mol. The Morgan fingerprint density at radius 3 is 2.61 bits per heavy atom. The van der Waals surface area contributed by atoms with Gasteiger partial charge in [-0.2, -0.15) is 0 Å². The zero-order valence-electron chi connectivity index (χ0n) is 10.8. The number of para-hydroxylation sites is 1. The Bertz CT molecular complexity index is 457. The van der Waals surface area contributed by atoms with Gasteiger partial charge in [0, 0.05) is 0 Å². The summed E-state index contributed by atoms with van der Waals surface area (Å²) in [5.74, 6) is 1.02. The third-order valence-electron chi connectivity index (χ3n) is 2.55. The number of benzene rings is 1. The van der Waals surface area contributed by atoms with Crippen LogP contribution in [-0.4, -0.2) is 33.1 Å². The third-order valence-corrected chi connectivity index (χ3v) is 4.37. The van der Waals surface area contributed by atoms with Gasteiger partial charge in [0.2, 0.25) is 0 Å². The molecule has 0 heterocycles. The fraction of sp³-hybridized carbons (Fsp3) is 0.538. The SMILES string of the molecule is CCCS(=O)(=O)CCOc1ccccc1CCN. The van der Waals surface area contributed by atoms with Gasteiger partial charge in [-0.05, 0) is 31.0 Å². The average molecular weight is 271 g/mol. The standard InChI is InChI=1S/C13H21NO3S/c1-2-10-18(15,16)11-9-17-13-6-4-3-5-12(13)7-8-14/h3-6H,2,7-11,14H2,1H3. The maximum atomic E-state index is 11.5. The second-order valence-corrected chi connectivity index (χ2v) is 6.45. The molecule has 102 valence electrons. The van der Waals surface area contributed by atoms with Crippen LogP contribution in [0, 0.1) is 0 Å². The predicted octanol–water partition coefficient (Wildman–Crippen LogP) is 1.39. The van der Waals surface area contributed by atoms with Crippen molar-refractivity contribution in [1.29, 1.82) is 0 Å². The summed E-state index contributed by atoms with van der Waals surface area (Å²) in [5, 5.41) is 0. The van der Waals surface area contributed by atoms with Crippen LogP contribution >= 0.6 is 0 Å². The molecule has 0 amide bonds. The number of sulfone groups is 1. The lowest BCUT2D eigenvalue weighted by molar-refractivity contribution is 0.337. The van der Waals surface area contributed by atoms with Gasteiger partial charge in [-0.3, -0.25) is 0 Å². The molecule has 0 unspecified atom stereocenters. The molecule has 0 aliphatic heterocycles. The zero-order chi connectivity index (χ0) is 13.4. The van der Waals surface area contributed by atoms with Gasteiger partial charge in [0.25, 0.3) is 0 Å². The van der Waals surface area contributed by atoms with Crippen LogP contribution in [-0.2, 0) is 16.3 Å². The summed E-state index contributed by atoms with van der Waals surface area (Å²) in [6, 6.07) is 7.59. The van der Waals surface area contributed by atoms with Crippen molar-refractivity contribution in [1.82, 2.24) is 0 Å². The van der Waals surface area contributed by atoms with Gasteiger partial charge in [-0.15, -0.1) is 0 Å². The summed E-state index contributed by atoms with van der Waals surface area (Å²) in [4.78, 5) is 0. The first-order valence-corrected chi connectivity index (χ1v) is 8.02. The maximum absolute atomic E-state index is 11.5. The Labute approximate surface area is 109 Å². The molecule has 1 rings (SSSR count). The van der Waals surface area contributed by atoms with E-state index in [0.717, 1.165) is 17.7 Å². The van der Waals surface area contributed by atoms with Gasteiger partial charge in [0.05, 0.1) is 11.5 Å². The normalized spacial score (nSPS) is 11.4. The van der Waals surface area contributed by atoms with Crippen LogP contribution in [0.2, 0.25) is 0 Å². The number of hydrogen-bond donors (Lipinski definition) is 1. The summed E-state index contributed by atoms with van der Waals surface area (Å²) in [7, 11) is -2.98. The quantitative estimate of drug-likeness (QED) is 0.775. The van der Waals surface area contributed by atoms with Crippen molar-refractivity contribution in [2.24, 2.45) is 5.73 Å². The van der Waals surface area contributed by atoms with E-state index in [2.05, 4.69) is 0 Å². The number of hydrogen-bond acceptors (Lipinski definition) is 4. The zero-order valence-corrected chi connectivity index (χ0v) is 11.6. The molecule has 18 heavy (non-hydrogen) atoms. The first-order chi connectivity index (χ1) is 8.59. The molecule has 0 saturated carbocycles. The smallest absolute Gasteiger partial charge is 0.153 e. The van der Waals surface area contributed by atoms with Crippen molar-refractivity contribution >= 4 is 9.84 Å². The largest absolute Gasteiger partial charge is 0.492 e. The Morgan fingerprint density at radius 2 is 1.94 bits per heavy atom. The highest BCUT2D eigenvalue weighted by Crippen LogP contribution is 2.18. The minimum Gasteiger partial charge on any atom is -0.492 e.